The van der Waals surface area contributed by atoms with Gasteiger partial charge in [0.25, 0.3) is 0 Å². The van der Waals surface area contributed by atoms with Crippen molar-refractivity contribution in [2.75, 3.05) is 0 Å². The highest BCUT2D eigenvalue weighted by molar-refractivity contribution is 5.85. The Bertz CT molecular complexity index is 407. The molecule has 5 nitrogen and oxygen atoms in total. The predicted molar refractivity (Wildman–Crippen MR) is 54.3 cm³/mol. The van der Waals surface area contributed by atoms with Crippen LogP contribution >= 0.6 is 12.4 Å². The lowest BCUT2D eigenvalue weighted by Crippen LogP contribution is -2.39. The lowest BCUT2D eigenvalue weighted by atomic mass is 10.0. The Morgan fingerprint density at radius 3 is 2.60 bits per heavy atom. The van der Waals surface area contributed by atoms with E-state index in [1.807, 2.05) is 0 Å². The molecule has 1 aliphatic heterocycles. The van der Waals surface area contributed by atoms with Gasteiger partial charge in [-0.25, -0.2) is 4.79 Å². The third kappa shape index (κ3) is 1.98. The Balaban J connectivity index is 0.00000112. The van der Waals surface area contributed by atoms with E-state index in [-0.39, 0.29) is 29.7 Å². The summed E-state index contributed by atoms with van der Waals surface area (Å²) in [6, 6.07) is 1.84. The van der Waals surface area contributed by atoms with Gasteiger partial charge in [-0.2, -0.15) is 0 Å². The van der Waals surface area contributed by atoms with Crippen molar-refractivity contribution >= 4 is 18.4 Å². The minimum absolute atomic E-state index is 0. The van der Waals surface area contributed by atoms with Gasteiger partial charge in [0, 0.05) is 18.1 Å². The van der Waals surface area contributed by atoms with Crippen LogP contribution in [0.5, 0.6) is 17.2 Å². The van der Waals surface area contributed by atoms with Gasteiger partial charge in [-0.15, -0.1) is 12.4 Å². The smallest absolute Gasteiger partial charge is 0.328 e. The second kappa shape index (κ2) is 3.96. The molecule has 0 radical (unpaired) electrons. The Labute approximate surface area is 91.9 Å². The van der Waals surface area contributed by atoms with Crippen LogP contribution in [0.1, 0.15) is 5.56 Å². The molecule has 1 atom stereocenters. The van der Waals surface area contributed by atoms with E-state index in [9.17, 15) is 9.90 Å². The number of fused-ring (bicyclic) bond motifs is 1. The molecule has 0 amide bonds. The number of esters is 1. The zero-order chi connectivity index (χ0) is 10.3. The molecule has 0 saturated carbocycles. The first-order chi connectivity index (χ1) is 6.58. The first-order valence-corrected chi connectivity index (χ1v) is 4.10. The van der Waals surface area contributed by atoms with E-state index in [2.05, 4.69) is 0 Å². The van der Waals surface area contributed by atoms with Crippen LogP contribution in [-0.2, 0) is 11.2 Å². The van der Waals surface area contributed by atoms with E-state index in [4.69, 9.17) is 15.6 Å². The number of halogens is 1. The van der Waals surface area contributed by atoms with Crippen LogP contribution in [0.25, 0.3) is 0 Å². The number of nitrogens with two attached hydrogens (primary N) is 1. The summed E-state index contributed by atoms with van der Waals surface area (Å²) in [5.74, 6) is -0.824. The van der Waals surface area contributed by atoms with Crippen molar-refractivity contribution < 1.29 is 19.7 Å². The topological polar surface area (TPSA) is 92.8 Å². The molecule has 1 aromatic carbocycles. The van der Waals surface area contributed by atoms with Crippen molar-refractivity contribution in [1.82, 2.24) is 0 Å². The Hall–Kier alpha value is -1.46. The molecule has 0 fully saturated rings. The number of ether oxygens (including phenoxy) is 1. The summed E-state index contributed by atoms with van der Waals surface area (Å²) < 4.78 is 4.84. The number of hydrogen-bond donors (Lipinski definition) is 3. The molecule has 0 unspecified atom stereocenters. The second-order valence-electron chi connectivity index (χ2n) is 3.18. The number of phenolic OH excluding ortho intramolecular Hbond substituents is 2. The molecule has 0 bridgehead atoms. The number of carbonyl (C=O) groups is 1. The molecular formula is C9H10ClNO4. The van der Waals surface area contributed by atoms with Gasteiger partial charge in [0.05, 0.1) is 0 Å². The molecule has 82 valence electrons. The standard InChI is InChI=1S/C9H9NO4.ClH/c10-5-1-4-2-6(11)7(12)3-8(4)14-9(5)13;/h2-3,5,11-12H,1,10H2;1H/t5-;/m0./s1. The van der Waals surface area contributed by atoms with Gasteiger partial charge in [-0.3, -0.25) is 0 Å². The fraction of sp³-hybridized carbons (Fsp3) is 0.222. The van der Waals surface area contributed by atoms with Gasteiger partial charge in [0.1, 0.15) is 11.8 Å². The maximum Gasteiger partial charge on any atom is 0.328 e. The van der Waals surface area contributed by atoms with Crippen LogP contribution in [0.2, 0.25) is 0 Å². The molecular weight excluding hydrogens is 222 g/mol. The number of aromatic hydroxyl groups is 2. The Morgan fingerprint density at radius 2 is 1.93 bits per heavy atom. The summed E-state index contributed by atoms with van der Waals surface area (Å²) in [6.07, 6.45) is 0.308. The van der Waals surface area contributed by atoms with Crippen LogP contribution in [0.15, 0.2) is 12.1 Å². The zero-order valence-corrected chi connectivity index (χ0v) is 8.45. The molecule has 6 heteroatoms. The molecule has 0 saturated heterocycles. The lowest BCUT2D eigenvalue weighted by Gasteiger charge is -2.20. The summed E-state index contributed by atoms with van der Waals surface area (Å²) in [5, 5.41) is 18.4. The molecule has 0 aromatic heterocycles. The van der Waals surface area contributed by atoms with Crippen LogP contribution in [0.4, 0.5) is 0 Å². The Morgan fingerprint density at radius 1 is 1.33 bits per heavy atom. The summed E-state index contributed by atoms with van der Waals surface area (Å²) in [7, 11) is 0. The van der Waals surface area contributed by atoms with Gasteiger partial charge in [-0.1, -0.05) is 0 Å². The molecule has 15 heavy (non-hydrogen) atoms. The highest BCUT2D eigenvalue weighted by Gasteiger charge is 2.26. The number of carbonyl (C=O) groups excluding carboxylic acids is 1. The molecule has 1 aliphatic rings. The third-order valence-corrected chi connectivity index (χ3v) is 2.11. The van der Waals surface area contributed by atoms with Crippen molar-refractivity contribution in [3.05, 3.63) is 17.7 Å². The maximum absolute atomic E-state index is 11.1. The van der Waals surface area contributed by atoms with Gasteiger partial charge in [0.15, 0.2) is 11.5 Å². The Kier molecular flexibility index (Phi) is 3.06. The van der Waals surface area contributed by atoms with E-state index in [1.165, 1.54) is 12.1 Å². The summed E-state index contributed by atoms with van der Waals surface area (Å²) in [5.41, 5.74) is 6.08. The van der Waals surface area contributed by atoms with Gasteiger partial charge >= 0.3 is 5.97 Å². The highest BCUT2D eigenvalue weighted by Crippen LogP contribution is 2.35. The SMILES string of the molecule is Cl.N[C@H]1Cc2cc(O)c(O)cc2OC1=O. The van der Waals surface area contributed by atoms with Gasteiger partial charge in [0.2, 0.25) is 0 Å². The quantitative estimate of drug-likeness (QED) is 0.339. The average Bonchev–Trinajstić information content (AvgIpc) is 2.11. The number of hydrogen-bond acceptors (Lipinski definition) is 5. The van der Waals surface area contributed by atoms with Gasteiger partial charge < -0.3 is 20.7 Å². The minimum Gasteiger partial charge on any atom is -0.504 e. The first kappa shape index (κ1) is 11.6. The van der Waals surface area contributed by atoms with Crippen LogP contribution < -0.4 is 10.5 Å². The molecule has 1 aromatic rings. The van der Waals surface area contributed by atoms with Crippen molar-refractivity contribution in [3.8, 4) is 17.2 Å². The molecule has 0 spiro atoms. The summed E-state index contributed by atoms with van der Waals surface area (Å²) >= 11 is 0. The molecule has 1 heterocycles. The first-order valence-electron chi connectivity index (χ1n) is 4.10. The third-order valence-electron chi connectivity index (χ3n) is 2.11. The fourth-order valence-corrected chi connectivity index (χ4v) is 1.36. The zero-order valence-electron chi connectivity index (χ0n) is 7.64. The van der Waals surface area contributed by atoms with Crippen LogP contribution in [0.3, 0.4) is 0 Å². The summed E-state index contributed by atoms with van der Waals surface area (Å²) in [6.45, 7) is 0. The van der Waals surface area contributed by atoms with E-state index < -0.39 is 12.0 Å². The minimum atomic E-state index is -0.702. The molecule has 2 rings (SSSR count). The molecule has 4 N–H and O–H groups in total. The largest absolute Gasteiger partial charge is 0.504 e. The number of phenols is 2. The number of rotatable bonds is 0. The summed E-state index contributed by atoms with van der Waals surface area (Å²) in [4.78, 5) is 11.1. The van der Waals surface area contributed by atoms with E-state index >= 15 is 0 Å². The monoisotopic (exact) mass is 231 g/mol. The van der Waals surface area contributed by atoms with Crippen molar-refractivity contribution in [2.45, 2.75) is 12.5 Å². The van der Waals surface area contributed by atoms with E-state index in [0.717, 1.165) is 0 Å². The van der Waals surface area contributed by atoms with E-state index in [0.29, 0.717) is 12.0 Å². The predicted octanol–water partition coefficient (Wildman–Crippen LogP) is 0.308. The van der Waals surface area contributed by atoms with E-state index in [1.54, 1.807) is 0 Å². The van der Waals surface area contributed by atoms with Crippen LogP contribution in [-0.4, -0.2) is 22.2 Å². The van der Waals surface area contributed by atoms with Crippen molar-refractivity contribution in [1.29, 1.82) is 0 Å². The van der Waals surface area contributed by atoms with Crippen molar-refractivity contribution in [2.24, 2.45) is 5.73 Å². The normalized spacial score (nSPS) is 18.7. The lowest BCUT2D eigenvalue weighted by molar-refractivity contribution is -0.136. The second-order valence-corrected chi connectivity index (χ2v) is 3.18. The maximum atomic E-state index is 11.1. The highest BCUT2D eigenvalue weighted by atomic mass is 35.5. The average molecular weight is 232 g/mol. The van der Waals surface area contributed by atoms with Gasteiger partial charge in [-0.05, 0) is 6.07 Å². The fourth-order valence-electron chi connectivity index (χ4n) is 1.36. The number of benzene rings is 1. The van der Waals surface area contributed by atoms with Crippen LogP contribution in [0, 0.1) is 0 Å². The van der Waals surface area contributed by atoms with Crippen molar-refractivity contribution in [3.63, 3.8) is 0 Å². The molecule has 0 aliphatic carbocycles.